The molecule has 2 rings (SSSR count). The number of benzene rings is 1. The number of hydrogen-bond acceptors (Lipinski definition) is 1. The standard InChI is InChI=1S/C10H8Br2N2/c11-9-3-1-2-8(6-9)7-14-5-4-10(12)13-14/h1-6H,7H2. The van der Waals surface area contributed by atoms with Crippen molar-refractivity contribution in [2.75, 3.05) is 0 Å². The predicted octanol–water partition coefficient (Wildman–Crippen LogP) is 3.46. The van der Waals surface area contributed by atoms with Crippen LogP contribution in [-0.4, -0.2) is 9.78 Å². The topological polar surface area (TPSA) is 17.8 Å². The molecular weight excluding hydrogens is 308 g/mol. The van der Waals surface area contributed by atoms with Crippen LogP contribution in [0.15, 0.2) is 45.6 Å². The van der Waals surface area contributed by atoms with Gasteiger partial charge in [-0.2, -0.15) is 5.10 Å². The number of halogens is 2. The summed E-state index contributed by atoms with van der Waals surface area (Å²) in [6.07, 6.45) is 1.95. The van der Waals surface area contributed by atoms with Crippen LogP contribution in [0.5, 0.6) is 0 Å². The van der Waals surface area contributed by atoms with Crippen LogP contribution >= 0.6 is 31.9 Å². The summed E-state index contributed by atoms with van der Waals surface area (Å²) in [4.78, 5) is 0. The van der Waals surface area contributed by atoms with Gasteiger partial charge in [-0.05, 0) is 39.7 Å². The summed E-state index contributed by atoms with van der Waals surface area (Å²) in [5, 5.41) is 4.25. The Bertz CT molecular complexity index is 437. The van der Waals surface area contributed by atoms with Crippen LogP contribution in [0.2, 0.25) is 0 Å². The van der Waals surface area contributed by atoms with Crippen molar-refractivity contribution in [1.82, 2.24) is 9.78 Å². The lowest BCUT2D eigenvalue weighted by Gasteiger charge is -2.01. The summed E-state index contributed by atoms with van der Waals surface area (Å²) in [6.45, 7) is 0.797. The molecule has 0 atom stereocenters. The van der Waals surface area contributed by atoms with E-state index in [9.17, 15) is 0 Å². The summed E-state index contributed by atoms with van der Waals surface area (Å²) >= 11 is 6.76. The molecule has 0 aliphatic rings. The van der Waals surface area contributed by atoms with E-state index >= 15 is 0 Å². The normalized spacial score (nSPS) is 10.4. The van der Waals surface area contributed by atoms with Crippen LogP contribution in [0.1, 0.15) is 5.56 Å². The first-order valence-electron chi connectivity index (χ1n) is 4.17. The highest BCUT2D eigenvalue weighted by molar-refractivity contribution is 9.10. The molecule has 0 spiro atoms. The van der Waals surface area contributed by atoms with Crippen molar-refractivity contribution in [3.8, 4) is 0 Å². The number of rotatable bonds is 2. The van der Waals surface area contributed by atoms with Crippen molar-refractivity contribution < 1.29 is 0 Å². The fourth-order valence-corrected chi connectivity index (χ4v) is 2.02. The summed E-state index contributed by atoms with van der Waals surface area (Å²) in [5.74, 6) is 0. The number of hydrogen-bond donors (Lipinski definition) is 0. The van der Waals surface area contributed by atoms with Gasteiger partial charge in [-0.25, -0.2) is 0 Å². The molecule has 0 bridgehead atoms. The Hall–Kier alpha value is -0.610. The molecule has 0 fully saturated rings. The van der Waals surface area contributed by atoms with Crippen LogP contribution in [-0.2, 0) is 6.54 Å². The Labute approximate surface area is 99.2 Å². The third kappa shape index (κ3) is 2.45. The summed E-state index contributed by atoms with van der Waals surface area (Å²) in [7, 11) is 0. The van der Waals surface area contributed by atoms with Gasteiger partial charge in [-0.15, -0.1) is 0 Å². The van der Waals surface area contributed by atoms with E-state index < -0.39 is 0 Å². The van der Waals surface area contributed by atoms with Crippen molar-refractivity contribution in [3.63, 3.8) is 0 Å². The van der Waals surface area contributed by atoms with Gasteiger partial charge >= 0.3 is 0 Å². The van der Waals surface area contributed by atoms with E-state index in [4.69, 9.17) is 0 Å². The molecule has 4 heteroatoms. The van der Waals surface area contributed by atoms with Crippen molar-refractivity contribution >= 4 is 31.9 Å². The molecule has 2 nitrogen and oxygen atoms in total. The predicted molar refractivity (Wildman–Crippen MR) is 63.2 cm³/mol. The van der Waals surface area contributed by atoms with Gasteiger partial charge in [0.1, 0.15) is 4.60 Å². The molecule has 72 valence electrons. The van der Waals surface area contributed by atoms with Crippen molar-refractivity contribution in [1.29, 1.82) is 0 Å². The maximum absolute atomic E-state index is 4.25. The Morgan fingerprint density at radius 3 is 2.71 bits per heavy atom. The summed E-state index contributed by atoms with van der Waals surface area (Å²) in [6, 6.07) is 10.1. The first-order chi connectivity index (χ1) is 6.74. The fourth-order valence-electron chi connectivity index (χ4n) is 1.25. The quantitative estimate of drug-likeness (QED) is 0.830. The Morgan fingerprint density at radius 1 is 1.21 bits per heavy atom. The van der Waals surface area contributed by atoms with Crippen LogP contribution < -0.4 is 0 Å². The Kier molecular flexibility index (Phi) is 3.03. The maximum atomic E-state index is 4.25. The highest BCUT2D eigenvalue weighted by atomic mass is 79.9. The second-order valence-electron chi connectivity index (χ2n) is 2.97. The lowest BCUT2D eigenvalue weighted by Crippen LogP contribution is -1.99. The van der Waals surface area contributed by atoms with E-state index in [1.54, 1.807) is 0 Å². The van der Waals surface area contributed by atoms with E-state index in [0.717, 1.165) is 15.6 Å². The molecule has 0 aliphatic carbocycles. The molecule has 0 amide bonds. The van der Waals surface area contributed by atoms with Crippen LogP contribution in [0, 0.1) is 0 Å². The molecule has 2 aromatic rings. The van der Waals surface area contributed by atoms with Gasteiger partial charge in [0.2, 0.25) is 0 Å². The lowest BCUT2D eigenvalue weighted by atomic mass is 10.2. The summed E-state index contributed by atoms with van der Waals surface area (Å²) in [5.41, 5.74) is 1.23. The van der Waals surface area contributed by atoms with Crippen LogP contribution in [0.4, 0.5) is 0 Å². The molecule has 0 saturated heterocycles. The average Bonchev–Trinajstić information content (AvgIpc) is 2.51. The minimum absolute atomic E-state index is 0.797. The lowest BCUT2D eigenvalue weighted by molar-refractivity contribution is 0.681. The minimum atomic E-state index is 0.797. The van der Waals surface area contributed by atoms with Gasteiger partial charge in [0, 0.05) is 10.7 Å². The average molecular weight is 316 g/mol. The van der Waals surface area contributed by atoms with E-state index in [2.05, 4.69) is 49.1 Å². The van der Waals surface area contributed by atoms with E-state index in [-0.39, 0.29) is 0 Å². The first-order valence-corrected chi connectivity index (χ1v) is 5.76. The van der Waals surface area contributed by atoms with Crippen LogP contribution in [0.25, 0.3) is 0 Å². The van der Waals surface area contributed by atoms with Crippen molar-refractivity contribution in [2.45, 2.75) is 6.54 Å². The zero-order valence-electron chi connectivity index (χ0n) is 7.32. The van der Waals surface area contributed by atoms with E-state index in [0.29, 0.717) is 0 Å². The molecule has 0 unspecified atom stereocenters. The molecule has 1 aromatic heterocycles. The third-order valence-corrected chi connectivity index (χ3v) is 2.76. The highest BCUT2D eigenvalue weighted by Gasteiger charge is 1.97. The molecule has 14 heavy (non-hydrogen) atoms. The monoisotopic (exact) mass is 314 g/mol. The zero-order valence-corrected chi connectivity index (χ0v) is 10.5. The molecular formula is C10H8Br2N2. The van der Waals surface area contributed by atoms with Crippen molar-refractivity contribution in [2.24, 2.45) is 0 Å². The number of aromatic nitrogens is 2. The number of nitrogens with zero attached hydrogens (tertiary/aromatic N) is 2. The summed E-state index contributed by atoms with van der Waals surface area (Å²) < 4.78 is 3.86. The van der Waals surface area contributed by atoms with E-state index in [1.807, 2.05) is 29.1 Å². The van der Waals surface area contributed by atoms with Gasteiger partial charge in [0.25, 0.3) is 0 Å². The third-order valence-electron chi connectivity index (χ3n) is 1.84. The van der Waals surface area contributed by atoms with Gasteiger partial charge < -0.3 is 0 Å². The Balaban J connectivity index is 2.18. The molecule has 0 radical (unpaired) electrons. The second-order valence-corrected chi connectivity index (χ2v) is 4.69. The zero-order chi connectivity index (χ0) is 9.97. The first kappa shape index (κ1) is 9.93. The van der Waals surface area contributed by atoms with E-state index in [1.165, 1.54) is 5.56 Å². The molecule has 0 N–H and O–H groups in total. The van der Waals surface area contributed by atoms with Gasteiger partial charge in [-0.3, -0.25) is 4.68 Å². The van der Waals surface area contributed by atoms with Crippen LogP contribution in [0.3, 0.4) is 0 Å². The van der Waals surface area contributed by atoms with Gasteiger partial charge in [0.15, 0.2) is 0 Å². The highest BCUT2D eigenvalue weighted by Crippen LogP contribution is 2.13. The largest absolute Gasteiger partial charge is 0.267 e. The van der Waals surface area contributed by atoms with Crippen molar-refractivity contribution in [3.05, 3.63) is 51.2 Å². The second kappa shape index (κ2) is 4.28. The fraction of sp³-hybridized carbons (Fsp3) is 0.100. The Morgan fingerprint density at radius 2 is 2.07 bits per heavy atom. The SMILES string of the molecule is Brc1cccc(Cn2ccc(Br)n2)c1. The molecule has 0 saturated carbocycles. The smallest absolute Gasteiger partial charge is 0.128 e. The molecule has 1 heterocycles. The molecule has 0 aliphatic heterocycles. The van der Waals surface area contributed by atoms with Gasteiger partial charge in [-0.1, -0.05) is 28.1 Å². The van der Waals surface area contributed by atoms with Gasteiger partial charge in [0.05, 0.1) is 6.54 Å². The molecule has 1 aromatic carbocycles. The minimum Gasteiger partial charge on any atom is -0.267 e. The maximum Gasteiger partial charge on any atom is 0.128 e.